The van der Waals surface area contributed by atoms with E-state index in [1.807, 2.05) is 0 Å². The third-order valence-electron chi connectivity index (χ3n) is 2.46. The normalized spacial score (nSPS) is 12.3. The highest BCUT2D eigenvalue weighted by atomic mass is 32.2. The van der Waals surface area contributed by atoms with E-state index in [2.05, 4.69) is 0 Å². The highest BCUT2D eigenvalue weighted by Crippen LogP contribution is 2.07. The van der Waals surface area contributed by atoms with Crippen molar-refractivity contribution in [3.63, 3.8) is 0 Å². The summed E-state index contributed by atoms with van der Waals surface area (Å²) in [5.74, 6) is 0.600. The van der Waals surface area contributed by atoms with Crippen LogP contribution in [0.5, 0.6) is 0 Å². The number of methoxy groups -OCH3 is 1. The Morgan fingerprint density at radius 2 is 1.94 bits per heavy atom. The summed E-state index contributed by atoms with van der Waals surface area (Å²) in [5, 5.41) is 0. The molecule has 1 rings (SSSR count). The van der Waals surface area contributed by atoms with Gasteiger partial charge in [0, 0.05) is 41.4 Å². The SMILES string of the molecule is COCCS(=O)CCCC(=O)c1ccc(F)cc1. The zero-order valence-electron chi connectivity index (χ0n) is 10.4. The molecule has 0 amide bonds. The molecule has 0 aliphatic carbocycles. The van der Waals surface area contributed by atoms with Gasteiger partial charge in [-0.25, -0.2) is 4.39 Å². The standard InChI is InChI=1S/C13H17FO3S/c1-17-8-10-18(16)9-2-3-13(15)11-4-6-12(14)7-5-11/h4-7H,2-3,8-10H2,1H3. The maximum absolute atomic E-state index is 12.7. The summed E-state index contributed by atoms with van der Waals surface area (Å²) in [6, 6.07) is 5.48. The molecular weight excluding hydrogens is 255 g/mol. The number of halogens is 1. The van der Waals surface area contributed by atoms with Crippen LogP contribution in [0.15, 0.2) is 24.3 Å². The van der Waals surface area contributed by atoms with Crippen LogP contribution in [0.3, 0.4) is 0 Å². The predicted octanol–water partition coefficient (Wildman–Crippen LogP) is 2.18. The Hall–Kier alpha value is -1.07. The minimum Gasteiger partial charge on any atom is -0.384 e. The van der Waals surface area contributed by atoms with Crippen molar-refractivity contribution in [3.8, 4) is 0 Å². The largest absolute Gasteiger partial charge is 0.384 e. The summed E-state index contributed by atoms with van der Waals surface area (Å²) in [5.41, 5.74) is 0.499. The molecule has 0 aliphatic rings. The fourth-order valence-corrected chi connectivity index (χ4v) is 2.48. The highest BCUT2D eigenvalue weighted by Gasteiger charge is 2.07. The molecule has 0 saturated carbocycles. The summed E-state index contributed by atoms with van der Waals surface area (Å²) in [6.07, 6.45) is 0.914. The summed E-state index contributed by atoms with van der Waals surface area (Å²) in [6.45, 7) is 0.471. The van der Waals surface area contributed by atoms with Crippen molar-refractivity contribution in [1.29, 1.82) is 0 Å². The quantitative estimate of drug-likeness (QED) is 0.681. The van der Waals surface area contributed by atoms with E-state index in [1.165, 1.54) is 24.3 Å². The fraction of sp³-hybridized carbons (Fsp3) is 0.462. The number of ketones is 1. The maximum Gasteiger partial charge on any atom is 0.162 e. The van der Waals surface area contributed by atoms with Crippen LogP contribution in [0.4, 0.5) is 4.39 Å². The molecule has 0 bridgehead atoms. The smallest absolute Gasteiger partial charge is 0.162 e. The van der Waals surface area contributed by atoms with Crippen molar-refractivity contribution >= 4 is 16.6 Å². The van der Waals surface area contributed by atoms with Crippen molar-refractivity contribution in [2.24, 2.45) is 0 Å². The van der Waals surface area contributed by atoms with Gasteiger partial charge in [0.25, 0.3) is 0 Å². The number of ether oxygens (including phenoxy) is 1. The number of benzene rings is 1. The number of hydrogen-bond donors (Lipinski definition) is 0. The lowest BCUT2D eigenvalue weighted by Crippen LogP contribution is -2.09. The van der Waals surface area contributed by atoms with E-state index in [0.717, 1.165) is 0 Å². The molecule has 0 fully saturated rings. The van der Waals surface area contributed by atoms with Crippen LogP contribution < -0.4 is 0 Å². The Kier molecular flexibility index (Phi) is 6.75. The van der Waals surface area contributed by atoms with Crippen LogP contribution >= 0.6 is 0 Å². The first kappa shape index (κ1) is 15.0. The van der Waals surface area contributed by atoms with Gasteiger partial charge in [-0.15, -0.1) is 0 Å². The van der Waals surface area contributed by atoms with Gasteiger partial charge in [0.1, 0.15) is 5.82 Å². The predicted molar refractivity (Wildman–Crippen MR) is 69.7 cm³/mol. The zero-order chi connectivity index (χ0) is 13.4. The van der Waals surface area contributed by atoms with Crippen LogP contribution in [-0.4, -0.2) is 35.2 Å². The molecule has 0 aromatic heterocycles. The van der Waals surface area contributed by atoms with Gasteiger partial charge in [-0.05, 0) is 30.7 Å². The minimum absolute atomic E-state index is 0.0428. The molecule has 3 nitrogen and oxygen atoms in total. The number of carbonyl (C=O) groups excluding carboxylic acids is 1. The van der Waals surface area contributed by atoms with Gasteiger partial charge in [-0.1, -0.05) is 0 Å². The lowest BCUT2D eigenvalue weighted by Gasteiger charge is -2.02. The van der Waals surface area contributed by atoms with E-state index in [-0.39, 0.29) is 11.6 Å². The van der Waals surface area contributed by atoms with E-state index in [1.54, 1.807) is 7.11 Å². The Balaban J connectivity index is 2.29. The van der Waals surface area contributed by atoms with E-state index < -0.39 is 10.8 Å². The number of rotatable bonds is 8. The Morgan fingerprint density at radius 3 is 2.56 bits per heavy atom. The Bertz CT molecular complexity index is 403. The minimum atomic E-state index is -0.934. The van der Waals surface area contributed by atoms with E-state index in [0.29, 0.717) is 36.5 Å². The monoisotopic (exact) mass is 272 g/mol. The fourth-order valence-electron chi connectivity index (χ4n) is 1.45. The Labute approximate surface area is 109 Å². The van der Waals surface area contributed by atoms with Crippen LogP contribution in [0.2, 0.25) is 0 Å². The lowest BCUT2D eigenvalue weighted by molar-refractivity contribution is 0.0982. The second kappa shape index (κ2) is 8.11. The molecule has 1 unspecified atom stereocenters. The molecule has 100 valence electrons. The van der Waals surface area contributed by atoms with Crippen molar-refractivity contribution in [2.45, 2.75) is 12.8 Å². The first-order chi connectivity index (χ1) is 8.63. The molecule has 5 heteroatoms. The highest BCUT2D eigenvalue weighted by molar-refractivity contribution is 7.84. The van der Waals surface area contributed by atoms with E-state index >= 15 is 0 Å². The molecule has 0 N–H and O–H groups in total. The topological polar surface area (TPSA) is 43.4 Å². The molecule has 1 atom stereocenters. The van der Waals surface area contributed by atoms with E-state index in [9.17, 15) is 13.4 Å². The van der Waals surface area contributed by atoms with Gasteiger partial charge in [-0.2, -0.15) is 0 Å². The van der Waals surface area contributed by atoms with Gasteiger partial charge in [0.05, 0.1) is 6.61 Å². The molecule has 18 heavy (non-hydrogen) atoms. The number of Topliss-reactive ketones (excluding diaryl/α,β-unsaturated/α-hetero) is 1. The molecule has 0 saturated heterocycles. The van der Waals surface area contributed by atoms with Gasteiger partial charge in [0.2, 0.25) is 0 Å². The number of carbonyl (C=O) groups is 1. The summed E-state index contributed by atoms with van der Waals surface area (Å²) < 4.78 is 28.9. The lowest BCUT2D eigenvalue weighted by atomic mass is 10.1. The number of hydrogen-bond acceptors (Lipinski definition) is 3. The molecule has 1 aromatic carbocycles. The first-order valence-electron chi connectivity index (χ1n) is 5.76. The van der Waals surface area contributed by atoms with Gasteiger partial charge < -0.3 is 4.74 Å². The van der Waals surface area contributed by atoms with Gasteiger partial charge in [0.15, 0.2) is 5.78 Å². The molecular formula is C13H17FO3S. The van der Waals surface area contributed by atoms with Crippen LogP contribution in [0.25, 0.3) is 0 Å². The van der Waals surface area contributed by atoms with Crippen molar-refractivity contribution in [3.05, 3.63) is 35.6 Å². The van der Waals surface area contributed by atoms with Gasteiger partial charge >= 0.3 is 0 Å². The molecule has 0 aliphatic heterocycles. The van der Waals surface area contributed by atoms with E-state index in [4.69, 9.17) is 4.74 Å². The maximum atomic E-state index is 12.7. The second-order valence-electron chi connectivity index (χ2n) is 3.87. The third-order valence-corrected chi connectivity index (χ3v) is 3.82. The van der Waals surface area contributed by atoms with Crippen molar-refractivity contribution in [2.75, 3.05) is 25.2 Å². The third kappa shape index (κ3) is 5.51. The van der Waals surface area contributed by atoms with Crippen molar-refractivity contribution in [1.82, 2.24) is 0 Å². The second-order valence-corrected chi connectivity index (χ2v) is 5.57. The van der Waals surface area contributed by atoms with Gasteiger partial charge in [-0.3, -0.25) is 9.00 Å². The molecule has 0 spiro atoms. The average molecular weight is 272 g/mol. The van der Waals surface area contributed by atoms with Crippen LogP contribution in [0.1, 0.15) is 23.2 Å². The van der Waals surface area contributed by atoms with Crippen LogP contribution in [-0.2, 0) is 15.5 Å². The molecule has 1 aromatic rings. The van der Waals surface area contributed by atoms with Crippen LogP contribution in [0, 0.1) is 5.82 Å². The summed E-state index contributed by atoms with van der Waals surface area (Å²) in [7, 11) is 0.631. The first-order valence-corrected chi connectivity index (χ1v) is 7.25. The van der Waals surface area contributed by atoms with Crippen molar-refractivity contribution < 1.29 is 18.1 Å². The average Bonchev–Trinajstić information content (AvgIpc) is 2.37. The Morgan fingerprint density at radius 1 is 1.28 bits per heavy atom. The molecule has 0 heterocycles. The summed E-state index contributed by atoms with van der Waals surface area (Å²) in [4.78, 5) is 11.7. The molecule has 0 radical (unpaired) electrons. The zero-order valence-corrected chi connectivity index (χ0v) is 11.2. The summed E-state index contributed by atoms with van der Waals surface area (Å²) >= 11 is 0.